The molecule has 0 saturated carbocycles. The minimum Gasteiger partial charge on any atom is -0.351 e. The highest BCUT2D eigenvalue weighted by Crippen LogP contribution is 2.29. The van der Waals surface area contributed by atoms with Crippen molar-refractivity contribution < 1.29 is 0 Å². The molecule has 19 heavy (non-hydrogen) atoms. The molecule has 6 heteroatoms. The molecular weight excluding hydrogens is 389 g/mol. The van der Waals surface area contributed by atoms with Crippen LogP contribution >= 0.6 is 47.1 Å². The second kappa shape index (κ2) is 7.73. The highest BCUT2D eigenvalue weighted by Gasteiger charge is 2.28. The first-order valence-electron chi connectivity index (χ1n) is 6.23. The molecule has 0 aliphatic carbocycles. The smallest absolute Gasteiger partial charge is 0.194 e. The Morgan fingerprint density at radius 1 is 1.53 bits per heavy atom. The van der Waals surface area contributed by atoms with E-state index in [0.717, 1.165) is 25.6 Å². The van der Waals surface area contributed by atoms with Crippen molar-refractivity contribution in [3.8, 4) is 0 Å². The van der Waals surface area contributed by atoms with E-state index >= 15 is 0 Å². The average Bonchev–Trinajstić information content (AvgIpc) is 2.81. The van der Waals surface area contributed by atoms with Crippen LogP contribution in [-0.4, -0.2) is 41.5 Å². The Hall–Kier alpha value is 0.0500. The maximum absolute atomic E-state index is 4.40. The lowest BCUT2D eigenvalue weighted by Crippen LogP contribution is -2.50. The maximum atomic E-state index is 4.40. The van der Waals surface area contributed by atoms with Gasteiger partial charge in [-0.2, -0.15) is 11.8 Å². The predicted octanol–water partition coefficient (Wildman–Crippen LogP) is 3.27. The Morgan fingerprint density at radius 3 is 2.89 bits per heavy atom. The van der Waals surface area contributed by atoms with E-state index in [1.54, 1.807) is 11.3 Å². The largest absolute Gasteiger partial charge is 0.351 e. The van der Waals surface area contributed by atoms with Crippen LogP contribution in [0.25, 0.3) is 0 Å². The standard InChI is InChI=1S/C13H21N3S2.HI/c1-13(2)10-16(6-8-18-13)12(14-3)15-9-11-5-4-7-17-11;/h4-5,7H,6,8-10H2,1-3H3,(H,14,15);1H. The van der Waals surface area contributed by atoms with Crippen molar-refractivity contribution in [1.29, 1.82) is 0 Å². The average molecular weight is 411 g/mol. The minimum atomic E-state index is 0. The first-order valence-corrected chi connectivity index (χ1v) is 8.09. The van der Waals surface area contributed by atoms with Gasteiger partial charge in [0.15, 0.2) is 5.96 Å². The lowest BCUT2D eigenvalue weighted by molar-refractivity contribution is 0.376. The van der Waals surface area contributed by atoms with E-state index < -0.39 is 0 Å². The van der Waals surface area contributed by atoms with Gasteiger partial charge < -0.3 is 10.2 Å². The summed E-state index contributed by atoms with van der Waals surface area (Å²) in [7, 11) is 1.87. The monoisotopic (exact) mass is 411 g/mol. The van der Waals surface area contributed by atoms with Gasteiger partial charge in [-0.15, -0.1) is 35.3 Å². The Bertz CT molecular complexity index is 404. The lowest BCUT2D eigenvalue weighted by atomic mass is 10.2. The molecule has 0 aromatic carbocycles. The van der Waals surface area contributed by atoms with Crippen LogP contribution in [0.2, 0.25) is 0 Å². The second-order valence-electron chi connectivity index (χ2n) is 5.01. The van der Waals surface area contributed by atoms with Crippen molar-refractivity contribution in [2.24, 2.45) is 4.99 Å². The normalized spacial score (nSPS) is 18.9. The van der Waals surface area contributed by atoms with Crippen molar-refractivity contribution in [3.63, 3.8) is 0 Å². The van der Waals surface area contributed by atoms with Crippen LogP contribution in [0.3, 0.4) is 0 Å². The number of aliphatic imine (C=N–C) groups is 1. The number of thioether (sulfide) groups is 1. The molecule has 1 aromatic heterocycles. The van der Waals surface area contributed by atoms with Crippen LogP contribution in [0.4, 0.5) is 0 Å². The van der Waals surface area contributed by atoms with Crippen molar-refractivity contribution in [3.05, 3.63) is 22.4 Å². The zero-order valence-electron chi connectivity index (χ0n) is 11.7. The van der Waals surface area contributed by atoms with Gasteiger partial charge in [-0.1, -0.05) is 6.07 Å². The maximum Gasteiger partial charge on any atom is 0.194 e. The number of hydrogen-bond acceptors (Lipinski definition) is 3. The van der Waals surface area contributed by atoms with Crippen molar-refractivity contribution >= 4 is 53.0 Å². The van der Waals surface area contributed by atoms with Gasteiger partial charge in [0, 0.05) is 35.5 Å². The number of nitrogens with one attached hydrogen (secondary N) is 1. The summed E-state index contributed by atoms with van der Waals surface area (Å²) >= 11 is 3.83. The number of thiophene rings is 1. The summed E-state index contributed by atoms with van der Waals surface area (Å²) < 4.78 is 0.318. The summed E-state index contributed by atoms with van der Waals surface area (Å²) in [4.78, 5) is 8.12. The zero-order chi connectivity index (χ0) is 13.0. The second-order valence-corrected chi connectivity index (χ2v) is 7.84. The molecule has 1 aliphatic heterocycles. The molecule has 108 valence electrons. The fourth-order valence-corrected chi connectivity index (χ4v) is 3.86. The molecule has 1 saturated heterocycles. The minimum absolute atomic E-state index is 0. The van der Waals surface area contributed by atoms with Crippen LogP contribution in [-0.2, 0) is 6.54 Å². The number of hydrogen-bond donors (Lipinski definition) is 1. The highest BCUT2D eigenvalue weighted by atomic mass is 127. The van der Waals surface area contributed by atoms with Gasteiger partial charge in [-0.25, -0.2) is 0 Å². The summed E-state index contributed by atoms with van der Waals surface area (Å²) in [6.07, 6.45) is 0. The van der Waals surface area contributed by atoms with Crippen LogP contribution in [0, 0.1) is 0 Å². The molecule has 0 amide bonds. The van der Waals surface area contributed by atoms with Crippen LogP contribution in [0.5, 0.6) is 0 Å². The van der Waals surface area contributed by atoms with Crippen molar-refractivity contribution in [2.75, 3.05) is 25.9 Å². The Kier molecular flexibility index (Phi) is 6.96. The molecule has 0 spiro atoms. The predicted molar refractivity (Wildman–Crippen MR) is 98.0 cm³/mol. The third kappa shape index (κ3) is 5.15. The van der Waals surface area contributed by atoms with E-state index in [0.29, 0.717) is 4.75 Å². The molecular formula is C13H22IN3S2. The molecule has 3 nitrogen and oxygen atoms in total. The van der Waals surface area contributed by atoms with Crippen LogP contribution in [0.15, 0.2) is 22.5 Å². The number of halogens is 1. The van der Waals surface area contributed by atoms with E-state index in [4.69, 9.17) is 0 Å². The molecule has 0 unspecified atom stereocenters. The molecule has 1 N–H and O–H groups in total. The number of nitrogens with zero attached hydrogens (tertiary/aromatic N) is 2. The molecule has 1 fully saturated rings. The first-order chi connectivity index (χ1) is 8.61. The van der Waals surface area contributed by atoms with Gasteiger partial charge in [-0.05, 0) is 25.3 Å². The SMILES string of the molecule is CN=C(NCc1cccs1)N1CCSC(C)(C)C1.I. The van der Waals surface area contributed by atoms with Crippen LogP contribution in [0.1, 0.15) is 18.7 Å². The summed E-state index contributed by atoms with van der Waals surface area (Å²) in [5, 5.41) is 5.57. The molecule has 1 aromatic rings. The zero-order valence-corrected chi connectivity index (χ0v) is 15.6. The van der Waals surface area contributed by atoms with Crippen LogP contribution < -0.4 is 5.32 Å². The van der Waals surface area contributed by atoms with Gasteiger partial charge in [0.25, 0.3) is 0 Å². The van der Waals surface area contributed by atoms with Crippen molar-refractivity contribution in [2.45, 2.75) is 25.1 Å². The van der Waals surface area contributed by atoms with E-state index in [1.165, 1.54) is 10.6 Å². The van der Waals surface area contributed by atoms with Gasteiger partial charge in [0.1, 0.15) is 0 Å². The number of rotatable bonds is 2. The lowest BCUT2D eigenvalue weighted by Gasteiger charge is -2.39. The quantitative estimate of drug-likeness (QED) is 0.460. The van der Waals surface area contributed by atoms with Crippen molar-refractivity contribution in [1.82, 2.24) is 10.2 Å². The fourth-order valence-electron chi connectivity index (χ4n) is 2.11. The van der Waals surface area contributed by atoms with E-state index in [-0.39, 0.29) is 24.0 Å². The van der Waals surface area contributed by atoms with Gasteiger partial charge in [-0.3, -0.25) is 4.99 Å². The topological polar surface area (TPSA) is 27.6 Å². The summed E-state index contributed by atoms with van der Waals surface area (Å²) in [5.41, 5.74) is 0. The summed E-state index contributed by atoms with van der Waals surface area (Å²) in [6.45, 7) is 7.61. The van der Waals surface area contributed by atoms with Gasteiger partial charge in [0.2, 0.25) is 0 Å². The van der Waals surface area contributed by atoms with E-state index in [1.807, 2.05) is 18.8 Å². The van der Waals surface area contributed by atoms with Gasteiger partial charge in [0.05, 0.1) is 6.54 Å². The van der Waals surface area contributed by atoms with Gasteiger partial charge >= 0.3 is 0 Å². The third-order valence-electron chi connectivity index (χ3n) is 2.94. The van der Waals surface area contributed by atoms with E-state index in [9.17, 15) is 0 Å². The molecule has 1 aliphatic rings. The summed E-state index contributed by atoms with van der Waals surface area (Å²) in [6, 6.07) is 4.24. The highest BCUT2D eigenvalue weighted by molar-refractivity contribution is 14.0. The summed E-state index contributed by atoms with van der Waals surface area (Å²) in [5.74, 6) is 2.20. The Balaban J connectivity index is 0.00000180. The molecule has 2 heterocycles. The Labute approximate surface area is 141 Å². The molecule has 0 bridgehead atoms. The molecule has 0 atom stereocenters. The third-order valence-corrected chi connectivity index (χ3v) is 5.11. The van der Waals surface area contributed by atoms with E-state index in [2.05, 4.69) is 46.6 Å². The molecule has 0 radical (unpaired) electrons. The Morgan fingerprint density at radius 2 is 2.32 bits per heavy atom. The molecule has 2 rings (SSSR count). The fraction of sp³-hybridized carbons (Fsp3) is 0.615. The first kappa shape index (κ1) is 17.1. The number of guanidine groups is 1.